The highest BCUT2D eigenvalue weighted by Gasteiger charge is 2.22. The Kier molecular flexibility index (Phi) is 5.41. The average Bonchev–Trinajstić information content (AvgIpc) is 2.49. The first kappa shape index (κ1) is 14.9. The molecule has 1 aliphatic heterocycles. The van der Waals surface area contributed by atoms with Gasteiger partial charge in [0, 0.05) is 25.6 Å². The zero-order chi connectivity index (χ0) is 14.4. The van der Waals surface area contributed by atoms with Crippen LogP contribution in [0.3, 0.4) is 0 Å². The van der Waals surface area contributed by atoms with Crippen LogP contribution in [0.15, 0.2) is 30.3 Å². The van der Waals surface area contributed by atoms with E-state index in [1.165, 1.54) is 5.56 Å². The van der Waals surface area contributed by atoms with Crippen LogP contribution in [0, 0.1) is 0 Å². The van der Waals surface area contributed by atoms with Gasteiger partial charge in [-0.2, -0.15) is 0 Å². The second-order valence-electron chi connectivity index (χ2n) is 5.44. The van der Waals surface area contributed by atoms with E-state index in [1.807, 2.05) is 18.2 Å². The van der Waals surface area contributed by atoms with E-state index in [-0.39, 0.29) is 12.1 Å². The summed E-state index contributed by atoms with van der Waals surface area (Å²) < 4.78 is 0. The van der Waals surface area contributed by atoms with Crippen molar-refractivity contribution < 1.29 is 9.90 Å². The van der Waals surface area contributed by atoms with Gasteiger partial charge in [0.25, 0.3) is 0 Å². The number of likely N-dealkylation sites (tertiary alicyclic amines) is 1. The van der Waals surface area contributed by atoms with Gasteiger partial charge < -0.3 is 15.3 Å². The number of aliphatic hydroxyl groups excluding tert-OH is 1. The van der Waals surface area contributed by atoms with Crippen LogP contribution in [0.5, 0.6) is 0 Å². The van der Waals surface area contributed by atoms with E-state index in [0.29, 0.717) is 19.0 Å². The summed E-state index contributed by atoms with van der Waals surface area (Å²) in [6, 6.07) is 10.2. The topological polar surface area (TPSA) is 52.6 Å². The summed E-state index contributed by atoms with van der Waals surface area (Å²) in [6.45, 7) is 3.97. The van der Waals surface area contributed by atoms with Crippen LogP contribution in [-0.2, 0) is 0 Å². The molecule has 0 radical (unpaired) electrons. The van der Waals surface area contributed by atoms with Crippen molar-refractivity contribution in [3.63, 3.8) is 0 Å². The number of carbonyl (C=O) groups excluding carboxylic acids is 1. The van der Waals surface area contributed by atoms with Crippen LogP contribution in [0.1, 0.15) is 37.7 Å². The van der Waals surface area contributed by atoms with Crippen molar-refractivity contribution in [2.75, 3.05) is 19.6 Å². The number of amides is 2. The molecule has 0 spiro atoms. The smallest absolute Gasteiger partial charge is 0.317 e. The predicted octanol–water partition coefficient (Wildman–Crippen LogP) is 2.35. The molecule has 110 valence electrons. The third-order valence-electron chi connectivity index (χ3n) is 3.95. The summed E-state index contributed by atoms with van der Waals surface area (Å²) in [5, 5.41) is 12.6. The summed E-state index contributed by atoms with van der Waals surface area (Å²) in [5.74, 6) is 0.342. The van der Waals surface area contributed by atoms with E-state index >= 15 is 0 Å². The van der Waals surface area contributed by atoms with E-state index in [2.05, 4.69) is 24.4 Å². The first-order valence-corrected chi connectivity index (χ1v) is 7.46. The number of nitrogens with one attached hydrogen (secondary N) is 1. The minimum absolute atomic E-state index is 0.0573. The molecule has 0 saturated carbocycles. The SMILES string of the molecule is CCC(CNC(=O)N1CCCC(O)C1)c1ccccc1. The Labute approximate surface area is 120 Å². The number of carbonyl (C=O) groups is 1. The number of rotatable bonds is 4. The highest BCUT2D eigenvalue weighted by atomic mass is 16.3. The van der Waals surface area contributed by atoms with Gasteiger partial charge in [-0.05, 0) is 24.8 Å². The van der Waals surface area contributed by atoms with E-state index in [0.717, 1.165) is 25.8 Å². The molecule has 4 nitrogen and oxygen atoms in total. The normalized spacial score (nSPS) is 20.5. The van der Waals surface area contributed by atoms with E-state index in [4.69, 9.17) is 0 Å². The lowest BCUT2D eigenvalue weighted by molar-refractivity contribution is 0.0842. The second kappa shape index (κ2) is 7.29. The maximum Gasteiger partial charge on any atom is 0.317 e. The fourth-order valence-corrected chi connectivity index (χ4v) is 2.68. The minimum atomic E-state index is -0.370. The van der Waals surface area contributed by atoms with Gasteiger partial charge in [-0.3, -0.25) is 0 Å². The molecule has 1 heterocycles. The number of β-amino-alcohol motifs (C(OH)–C–C–N with tert-alkyl or cyclic N) is 1. The molecule has 20 heavy (non-hydrogen) atoms. The number of urea groups is 1. The van der Waals surface area contributed by atoms with E-state index in [1.54, 1.807) is 4.90 Å². The van der Waals surface area contributed by atoms with Gasteiger partial charge in [-0.1, -0.05) is 37.3 Å². The summed E-state index contributed by atoms with van der Waals surface area (Å²) in [7, 11) is 0. The molecule has 2 unspecified atom stereocenters. The molecule has 1 fully saturated rings. The molecule has 0 aliphatic carbocycles. The summed E-state index contributed by atoms with van der Waals surface area (Å²) in [5.41, 5.74) is 1.26. The second-order valence-corrected chi connectivity index (χ2v) is 5.44. The number of nitrogens with zero attached hydrogens (tertiary/aromatic N) is 1. The van der Waals surface area contributed by atoms with Gasteiger partial charge in [0.15, 0.2) is 0 Å². The van der Waals surface area contributed by atoms with Crippen LogP contribution in [0.25, 0.3) is 0 Å². The van der Waals surface area contributed by atoms with Crippen molar-refractivity contribution in [2.24, 2.45) is 0 Å². The van der Waals surface area contributed by atoms with Crippen molar-refractivity contribution in [2.45, 2.75) is 38.2 Å². The number of piperidine rings is 1. The first-order valence-electron chi connectivity index (χ1n) is 7.46. The Hall–Kier alpha value is -1.55. The fraction of sp³-hybridized carbons (Fsp3) is 0.562. The zero-order valence-corrected chi connectivity index (χ0v) is 12.1. The van der Waals surface area contributed by atoms with Crippen molar-refractivity contribution in [1.82, 2.24) is 10.2 Å². The van der Waals surface area contributed by atoms with Gasteiger partial charge in [0.2, 0.25) is 0 Å². The number of hydrogen-bond donors (Lipinski definition) is 2. The average molecular weight is 276 g/mol. The van der Waals surface area contributed by atoms with Crippen LogP contribution in [0.4, 0.5) is 4.79 Å². The minimum Gasteiger partial charge on any atom is -0.391 e. The third-order valence-corrected chi connectivity index (χ3v) is 3.95. The van der Waals surface area contributed by atoms with Crippen LogP contribution in [0.2, 0.25) is 0 Å². The monoisotopic (exact) mass is 276 g/mol. The molecular weight excluding hydrogens is 252 g/mol. The molecule has 1 aromatic carbocycles. The van der Waals surface area contributed by atoms with Crippen molar-refractivity contribution in [1.29, 1.82) is 0 Å². The lowest BCUT2D eigenvalue weighted by Gasteiger charge is -2.30. The predicted molar refractivity (Wildman–Crippen MR) is 79.7 cm³/mol. The highest BCUT2D eigenvalue weighted by Crippen LogP contribution is 2.18. The van der Waals surface area contributed by atoms with E-state index in [9.17, 15) is 9.90 Å². The molecule has 0 bridgehead atoms. The molecule has 0 aromatic heterocycles. The number of hydrogen-bond acceptors (Lipinski definition) is 2. The quantitative estimate of drug-likeness (QED) is 0.887. The third kappa shape index (κ3) is 3.97. The largest absolute Gasteiger partial charge is 0.391 e. The van der Waals surface area contributed by atoms with Gasteiger partial charge in [-0.25, -0.2) is 4.79 Å². The van der Waals surface area contributed by atoms with Gasteiger partial charge in [-0.15, -0.1) is 0 Å². The summed E-state index contributed by atoms with van der Waals surface area (Å²) in [6.07, 6.45) is 2.30. The standard InChI is InChI=1S/C16H24N2O2/c1-2-13(14-7-4-3-5-8-14)11-17-16(20)18-10-6-9-15(19)12-18/h3-5,7-8,13,15,19H,2,6,9-12H2,1H3,(H,17,20). The molecule has 2 N–H and O–H groups in total. The molecule has 2 amide bonds. The molecule has 1 aromatic rings. The Morgan fingerprint density at radius 3 is 2.85 bits per heavy atom. The lowest BCUT2D eigenvalue weighted by atomic mass is 9.96. The molecular formula is C16H24N2O2. The number of aliphatic hydroxyl groups is 1. The summed E-state index contributed by atoms with van der Waals surface area (Å²) in [4.78, 5) is 13.8. The van der Waals surface area contributed by atoms with Gasteiger partial charge in [0.05, 0.1) is 6.10 Å². The lowest BCUT2D eigenvalue weighted by Crippen LogP contribution is -2.47. The Balaban J connectivity index is 1.85. The van der Waals surface area contributed by atoms with Crippen LogP contribution in [-0.4, -0.2) is 41.8 Å². The Morgan fingerprint density at radius 1 is 1.45 bits per heavy atom. The molecule has 4 heteroatoms. The van der Waals surface area contributed by atoms with Crippen LogP contribution < -0.4 is 5.32 Å². The molecule has 2 atom stereocenters. The first-order chi connectivity index (χ1) is 9.70. The van der Waals surface area contributed by atoms with E-state index < -0.39 is 0 Å². The van der Waals surface area contributed by atoms with Crippen molar-refractivity contribution in [3.8, 4) is 0 Å². The molecule has 1 saturated heterocycles. The van der Waals surface area contributed by atoms with Gasteiger partial charge >= 0.3 is 6.03 Å². The molecule has 1 aliphatic rings. The van der Waals surface area contributed by atoms with Crippen LogP contribution >= 0.6 is 0 Å². The maximum absolute atomic E-state index is 12.1. The van der Waals surface area contributed by atoms with Crippen molar-refractivity contribution in [3.05, 3.63) is 35.9 Å². The maximum atomic E-state index is 12.1. The molecule has 2 rings (SSSR count). The van der Waals surface area contributed by atoms with Crippen molar-refractivity contribution >= 4 is 6.03 Å². The van der Waals surface area contributed by atoms with Gasteiger partial charge in [0.1, 0.15) is 0 Å². The Bertz CT molecular complexity index is 422. The zero-order valence-electron chi connectivity index (χ0n) is 12.1. The number of benzene rings is 1. The Morgan fingerprint density at radius 2 is 2.20 bits per heavy atom. The fourth-order valence-electron chi connectivity index (χ4n) is 2.68. The highest BCUT2D eigenvalue weighted by molar-refractivity contribution is 5.74. The summed E-state index contributed by atoms with van der Waals surface area (Å²) >= 11 is 0.